The highest BCUT2D eigenvalue weighted by atomic mass is 16.3. The third-order valence-corrected chi connectivity index (χ3v) is 2.03. The van der Waals surface area contributed by atoms with Crippen molar-refractivity contribution < 1.29 is 5.11 Å². The smallest absolute Gasteiger partial charge is 0.103 e. The van der Waals surface area contributed by atoms with Crippen LogP contribution in [0.2, 0.25) is 0 Å². The number of hydrogen-bond acceptors (Lipinski definition) is 2. The van der Waals surface area contributed by atoms with Gasteiger partial charge in [-0.05, 0) is 19.4 Å². The summed E-state index contributed by atoms with van der Waals surface area (Å²) in [6.45, 7) is 7.42. The number of aromatic nitrogens is 2. The van der Waals surface area contributed by atoms with Crippen LogP contribution in [0, 0.1) is 6.92 Å². The molecule has 1 rings (SSSR count). The van der Waals surface area contributed by atoms with Crippen molar-refractivity contribution in [3.8, 4) is 0 Å². The Labute approximate surface area is 72.3 Å². The van der Waals surface area contributed by atoms with Crippen LogP contribution in [0.5, 0.6) is 0 Å². The largest absolute Gasteiger partial charge is 0.384 e. The molecule has 66 valence electrons. The van der Waals surface area contributed by atoms with E-state index in [4.69, 9.17) is 0 Å². The molecular weight excluding hydrogens is 152 g/mol. The second-order valence-corrected chi connectivity index (χ2v) is 3.06. The fourth-order valence-corrected chi connectivity index (χ4v) is 1.05. The molecular formula is C9H14N2O. The van der Waals surface area contributed by atoms with Crippen LogP contribution in [-0.4, -0.2) is 14.9 Å². The Hall–Kier alpha value is -1.09. The Bertz CT molecular complexity index is 301. The second-order valence-electron chi connectivity index (χ2n) is 3.06. The SMILES string of the molecule is C=C(C)C(O)c1cnn(C)c1C. The van der Waals surface area contributed by atoms with Gasteiger partial charge < -0.3 is 5.11 Å². The number of hydrogen-bond donors (Lipinski definition) is 1. The summed E-state index contributed by atoms with van der Waals surface area (Å²) in [5, 5.41) is 13.7. The molecule has 0 radical (unpaired) electrons. The third kappa shape index (κ3) is 1.41. The van der Waals surface area contributed by atoms with Crippen molar-refractivity contribution in [2.45, 2.75) is 20.0 Å². The van der Waals surface area contributed by atoms with Crippen molar-refractivity contribution in [3.63, 3.8) is 0 Å². The molecule has 0 spiro atoms. The molecule has 1 aromatic heterocycles. The van der Waals surface area contributed by atoms with Gasteiger partial charge in [0.05, 0.1) is 6.20 Å². The van der Waals surface area contributed by atoms with Crippen LogP contribution in [0.4, 0.5) is 0 Å². The first-order chi connectivity index (χ1) is 5.54. The minimum absolute atomic E-state index is 0.585. The Kier molecular flexibility index (Phi) is 2.33. The van der Waals surface area contributed by atoms with E-state index in [-0.39, 0.29) is 0 Å². The van der Waals surface area contributed by atoms with E-state index in [0.717, 1.165) is 16.8 Å². The maximum atomic E-state index is 9.64. The maximum Gasteiger partial charge on any atom is 0.103 e. The minimum Gasteiger partial charge on any atom is -0.384 e. The molecule has 0 aromatic carbocycles. The molecule has 0 bridgehead atoms. The summed E-state index contributed by atoms with van der Waals surface area (Å²) < 4.78 is 1.74. The van der Waals surface area contributed by atoms with Gasteiger partial charge in [-0.25, -0.2) is 0 Å². The molecule has 0 aliphatic heterocycles. The predicted molar refractivity (Wildman–Crippen MR) is 47.7 cm³/mol. The van der Waals surface area contributed by atoms with Gasteiger partial charge in [-0.2, -0.15) is 5.10 Å². The molecule has 3 nitrogen and oxygen atoms in total. The monoisotopic (exact) mass is 166 g/mol. The van der Waals surface area contributed by atoms with Crippen molar-refractivity contribution in [1.82, 2.24) is 9.78 Å². The molecule has 1 atom stereocenters. The van der Waals surface area contributed by atoms with Gasteiger partial charge in [-0.1, -0.05) is 6.58 Å². The quantitative estimate of drug-likeness (QED) is 0.673. The zero-order valence-electron chi connectivity index (χ0n) is 7.70. The molecule has 0 aliphatic carbocycles. The predicted octanol–water partition coefficient (Wildman–Crippen LogP) is 1.34. The molecule has 0 fully saturated rings. The normalized spacial score (nSPS) is 13.0. The Morgan fingerprint density at radius 2 is 2.33 bits per heavy atom. The minimum atomic E-state index is -0.585. The summed E-state index contributed by atoms with van der Waals surface area (Å²) in [5.41, 5.74) is 2.56. The van der Waals surface area contributed by atoms with E-state index in [2.05, 4.69) is 11.7 Å². The average Bonchev–Trinajstić information content (AvgIpc) is 2.32. The van der Waals surface area contributed by atoms with Crippen LogP contribution in [0.15, 0.2) is 18.3 Å². The van der Waals surface area contributed by atoms with Gasteiger partial charge in [0, 0.05) is 18.3 Å². The summed E-state index contributed by atoms with van der Waals surface area (Å²) in [5.74, 6) is 0. The lowest BCUT2D eigenvalue weighted by Crippen LogP contribution is -2.00. The maximum absolute atomic E-state index is 9.64. The molecule has 1 unspecified atom stereocenters. The van der Waals surface area contributed by atoms with Gasteiger partial charge in [-0.15, -0.1) is 0 Å². The van der Waals surface area contributed by atoms with Gasteiger partial charge >= 0.3 is 0 Å². The number of aliphatic hydroxyl groups excluding tert-OH is 1. The van der Waals surface area contributed by atoms with Crippen LogP contribution in [0.3, 0.4) is 0 Å². The van der Waals surface area contributed by atoms with Crippen LogP contribution in [0.1, 0.15) is 24.3 Å². The van der Waals surface area contributed by atoms with E-state index < -0.39 is 6.10 Å². The zero-order valence-corrected chi connectivity index (χ0v) is 7.70. The molecule has 0 aliphatic rings. The molecule has 1 N–H and O–H groups in total. The molecule has 0 saturated heterocycles. The number of rotatable bonds is 2. The molecule has 1 aromatic rings. The summed E-state index contributed by atoms with van der Waals surface area (Å²) in [6, 6.07) is 0. The lowest BCUT2D eigenvalue weighted by molar-refractivity contribution is 0.215. The topological polar surface area (TPSA) is 38.1 Å². The lowest BCUT2D eigenvalue weighted by atomic mass is 10.1. The standard InChI is InChI=1S/C9H14N2O/c1-6(2)9(12)8-5-10-11(4)7(8)3/h5,9,12H,1H2,2-4H3. The van der Waals surface area contributed by atoms with Gasteiger partial charge in [0.15, 0.2) is 0 Å². The van der Waals surface area contributed by atoms with Gasteiger partial charge in [0.2, 0.25) is 0 Å². The first-order valence-corrected chi connectivity index (χ1v) is 3.86. The Morgan fingerprint density at radius 1 is 1.75 bits per heavy atom. The van der Waals surface area contributed by atoms with Gasteiger partial charge in [0.25, 0.3) is 0 Å². The van der Waals surface area contributed by atoms with E-state index in [9.17, 15) is 5.11 Å². The van der Waals surface area contributed by atoms with Crippen LogP contribution < -0.4 is 0 Å². The number of nitrogens with zero attached hydrogens (tertiary/aromatic N) is 2. The number of aryl methyl sites for hydroxylation is 1. The summed E-state index contributed by atoms with van der Waals surface area (Å²) in [6.07, 6.45) is 1.09. The fraction of sp³-hybridized carbons (Fsp3) is 0.444. The van der Waals surface area contributed by atoms with Crippen LogP contribution in [-0.2, 0) is 7.05 Å². The van der Waals surface area contributed by atoms with E-state index in [1.54, 1.807) is 17.8 Å². The Morgan fingerprint density at radius 3 is 2.67 bits per heavy atom. The molecule has 3 heteroatoms. The third-order valence-electron chi connectivity index (χ3n) is 2.03. The highest BCUT2D eigenvalue weighted by Crippen LogP contribution is 2.21. The molecule has 0 amide bonds. The van der Waals surface area contributed by atoms with Crippen molar-refractivity contribution in [3.05, 3.63) is 29.6 Å². The Balaban J connectivity index is 3.03. The van der Waals surface area contributed by atoms with E-state index in [0.29, 0.717) is 0 Å². The lowest BCUT2D eigenvalue weighted by Gasteiger charge is -2.08. The zero-order chi connectivity index (χ0) is 9.30. The van der Waals surface area contributed by atoms with Crippen molar-refractivity contribution in [2.24, 2.45) is 7.05 Å². The van der Waals surface area contributed by atoms with Crippen LogP contribution in [0.25, 0.3) is 0 Å². The highest BCUT2D eigenvalue weighted by molar-refractivity contribution is 5.25. The molecule has 0 saturated carbocycles. The van der Waals surface area contributed by atoms with Gasteiger partial charge in [0.1, 0.15) is 6.10 Å². The summed E-state index contributed by atoms with van der Waals surface area (Å²) in [4.78, 5) is 0. The van der Waals surface area contributed by atoms with Crippen molar-refractivity contribution >= 4 is 0 Å². The second kappa shape index (κ2) is 3.11. The summed E-state index contributed by atoms with van der Waals surface area (Å²) in [7, 11) is 1.85. The number of aliphatic hydroxyl groups is 1. The van der Waals surface area contributed by atoms with Crippen LogP contribution >= 0.6 is 0 Å². The average molecular weight is 166 g/mol. The van der Waals surface area contributed by atoms with E-state index >= 15 is 0 Å². The first kappa shape index (κ1) is 9.00. The van der Waals surface area contributed by atoms with Crippen molar-refractivity contribution in [2.75, 3.05) is 0 Å². The van der Waals surface area contributed by atoms with E-state index in [1.165, 1.54) is 0 Å². The molecule has 12 heavy (non-hydrogen) atoms. The highest BCUT2D eigenvalue weighted by Gasteiger charge is 2.13. The fourth-order valence-electron chi connectivity index (χ4n) is 1.05. The van der Waals surface area contributed by atoms with Crippen molar-refractivity contribution in [1.29, 1.82) is 0 Å². The first-order valence-electron chi connectivity index (χ1n) is 3.86. The molecule has 1 heterocycles. The summed E-state index contributed by atoms with van der Waals surface area (Å²) >= 11 is 0. The van der Waals surface area contributed by atoms with Gasteiger partial charge in [-0.3, -0.25) is 4.68 Å². The van der Waals surface area contributed by atoms with E-state index in [1.807, 2.05) is 14.0 Å².